The van der Waals surface area contributed by atoms with Crippen molar-refractivity contribution < 1.29 is 7.16 Å². The summed E-state index contributed by atoms with van der Waals surface area (Å²) in [7, 11) is 0. The minimum atomic E-state index is -1.41. The molecule has 34 heavy (non-hydrogen) atoms. The molecule has 0 saturated heterocycles. The molecule has 0 radical (unpaired) electrons. The monoisotopic (exact) mass is 443 g/mol. The lowest BCUT2D eigenvalue weighted by atomic mass is 9.87. The molecule has 0 atom stereocenters. The molecule has 2 nitrogen and oxygen atoms in total. The van der Waals surface area contributed by atoms with Crippen LogP contribution < -0.4 is 0 Å². The normalized spacial score (nSPS) is 13.4. The Hall–Kier alpha value is -3.91. The number of hydrogen-bond acceptors (Lipinski definition) is 2. The van der Waals surface area contributed by atoms with Crippen molar-refractivity contribution in [3.63, 3.8) is 0 Å². The Balaban J connectivity index is 1.39. The SMILES string of the molecule is [2H]C([2H])(c1ccc(-c2ccnc(-c3ccc4oc5c6ccccc6ccc5c4c3)c2)cc1)C(C)(C)C. The van der Waals surface area contributed by atoms with Crippen LogP contribution in [0.4, 0.5) is 0 Å². The van der Waals surface area contributed by atoms with Crippen LogP contribution in [-0.2, 0) is 6.37 Å². The molecule has 0 aliphatic rings. The van der Waals surface area contributed by atoms with E-state index in [1.54, 1.807) is 0 Å². The van der Waals surface area contributed by atoms with Gasteiger partial charge < -0.3 is 4.42 Å². The largest absolute Gasteiger partial charge is 0.455 e. The first kappa shape index (κ1) is 18.5. The van der Waals surface area contributed by atoms with Gasteiger partial charge in [0.1, 0.15) is 11.2 Å². The van der Waals surface area contributed by atoms with Crippen molar-refractivity contribution >= 4 is 32.7 Å². The third-order valence-corrected chi connectivity index (χ3v) is 6.15. The summed E-state index contributed by atoms with van der Waals surface area (Å²) < 4.78 is 23.3. The van der Waals surface area contributed by atoms with E-state index in [9.17, 15) is 0 Å². The number of furan rings is 1. The van der Waals surface area contributed by atoms with Crippen molar-refractivity contribution in [3.8, 4) is 22.4 Å². The van der Waals surface area contributed by atoms with Crippen LogP contribution in [0.1, 0.15) is 29.1 Å². The van der Waals surface area contributed by atoms with E-state index in [0.717, 1.165) is 49.7 Å². The van der Waals surface area contributed by atoms with Crippen molar-refractivity contribution in [2.45, 2.75) is 27.1 Å². The second-order valence-electron chi connectivity index (χ2n) is 9.86. The molecule has 0 bridgehead atoms. The summed E-state index contributed by atoms with van der Waals surface area (Å²) >= 11 is 0. The molecular weight excluding hydrogens is 414 g/mol. The number of nitrogens with zero attached hydrogens (tertiary/aromatic N) is 1. The number of benzene rings is 4. The van der Waals surface area contributed by atoms with Crippen molar-refractivity contribution in [1.29, 1.82) is 0 Å². The van der Waals surface area contributed by atoms with Gasteiger partial charge in [-0.05, 0) is 70.3 Å². The average Bonchev–Trinajstić information content (AvgIpc) is 3.27. The molecule has 2 heteroatoms. The smallest absolute Gasteiger partial charge is 0.143 e. The minimum absolute atomic E-state index is 0.486. The van der Waals surface area contributed by atoms with E-state index in [2.05, 4.69) is 47.4 Å². The third kappa shape index (κ3) is 3.76. The van der Waals surface area contributed by atoms with E-state index in [4.69, 9.17) is 7.16 Å². The molecule has 166 valence electrons. The van der Waals surface area contributed by atoms with Crippen LogP contribution in [0.3, 0.4) is 0 Å². The van der Waals surface area contributed by atoms with Gasteiger partial charge in [-0.25, -0.2) is 0 Å². The van der Waals surface area contributed by atoms with Crippen LogP contribution in [0.5, 0.6) is 0 Å². The molecule has 0 spiro atoms. The molecular formula is C32H27NO. The van der Waals surface area contributed by atoms with Gasteiger partial charge in [-0.3, -0.25) is 4.98 Å². The summed E-state index contributed by atoms with van der Waals surface area (Å²) in [4.78, 5) is 4.65. The molecule has 4 aromatic carbocycles. The van der Waals surface area contributed by atoms with Crippen molar-refractivity contribution in [2.24, 2.45) is 5.41 Å². The second-order valence-corrected chi connectivity index (χ2v) is 9.86. The Kier molecular flexibility index (Phi) is 4.27. The lowest BCUT2D eigenvalue weighted by Crippen LogP contribution is -2.08. The summed E-state index contributed by atoms with van der Waals surface area (Å²) in [5, 5.41) is 4.46. The molecule has 0 aliphatic heterocycles. The Morgan fingerprint density at radius 3 is 2.35 bits per heavy atom. The van der Waals surface area contributed by atoms with Crippen LogP contribution in [0.15, 0.2) is 102 Å². The van der Waals surface area contributed by atoms with E-state index in [1.165, 1.54) is 5.39 Å². The quantitative estimate of drug-likeness (QED) is 0.273. The average molecular weight is 444 g/mol. The first-order valence-electron chi connectivity index (χ1n) is 12.6. The van der Waals surface area contributed by atoms with Gasteiger partial charge in [-0.15, -0.1) is 0 Å². The summed E-state index contributed by atoms with van der Waals surface area (Å²) in [6, 6.07) is 30.7. The van der Waals surface area contributed by atoms with Gasteiger partial charge in [0, 0.05) is 30.7 Å². The zero-order valence-electron chi connectivity index (χ0n) is 21.6. The number of hydrogen-bond donors (Lipinski definition) is 0. The fourth-order valence-electron chi connectivity index (χ4n) is 4.61. The van der Waals surface area contributed by atoms with Gasteiger partial charge in [-0.2, -0.15) is 0 Å². The maximum Gasteiger partial charge on any atom is 0.143 e. The number of fused-ring (bicyclic) bond motifs is 5. The van der Waals surface area contributed by atoms with E-state index in [-0.39, 0.29) is 0 Å². The molecule has 0 saturated carbocycles. The van der Waals surface area contributed by atoms with E-state index < -0.39 is 11.8 Å². The van der Waals surface area contributed by atoms with Gasteiger partial charge in [0.25, 0.3) is 0 Å². The zero-order chi connectivity index (χ0) is 25.1. The van der Waals surface area contributed by atoms with Crippen LogP contribution in [0, 0.1) is 5.41 Å². The van der Waals surface area contributed by atoms with Gasteiger partial charge in [-0.1, -0.05) is 75.4 Å². The highest BCUT2D eigenvalue weighted by Crippen LogP contribution is 2.36. The second kappa shape index (κ2) is 7.85. The topological polar surface area (TPSA) is 26.0 Å². The molecule has 2 aromatic heterocycles. The lowest BCUT2D eigenvalue weighted by molar-refractivity contribution is 0.411. The predicted molar refractivity (Wildman–Crippen MR) is 143 cm³/mol. The van der Waals surface area contributed by atoms with Gasteiger partial charge in [0.15, 0.2) is 0 Å². The first-order chi connectivity index (χ1) is 17.2. The van der Waals surface area contributed by atoms with E-state index >= 15 is 0 Å². The van der Waals surface area contributed by atoms with Gasteiger partial charge in [0.05, 0.1) is 5.69 Å². The molecule has 0 amide bonds. The van der Waals surface area contributed by atoms with Crippen LogP contribution in [-0.4, -0.2) is 4.98 Å². The minimum Gasteiger partial charge on any atom is -0.455 e. The molecule has 0 unspecified atom stereocenters. The highest BCUT2D eigenvalue weighted by atomic mass is 16.3. The molecule has 0 N–H and O–H groups in total. The van der Waals surface area contributed by atoms with Crippen molar-refractivity contribution in [1.82, 2.24) is 4.98 Å². The Morgan fingerprint density at radius 2 is 1.53 bits per heavy atom. The fraction of sp³-hybridized carbons (Fsp3) is 0.156. The van der Waals surface area contributed by atoms with E-state index in [1.807, 2.05) is 75.5 Å². The molecule has 6 rings (SSSR count). The summed E-state index contributed by atoms with van der Waals surface area (Å²) in [6.07, 6.45) is 0.418. The Morgan fingerprint density at radius 1 is 0.735 bits per heavy atom. The van der Waals surface area contributed by atoms with Gasteiger partial charge >= 0.3 is 0 Å². The summed E-state index contributed by atoms with van der Waals surface area (Å²) in [5.74, 6) is 0. The molecule has 2 heterocycles. The standard InChI is InChI=1S/C32H27NO/c1-32(2,3)20-21-8-10-22(11-9-21)24-16-17-33-29(19-24)25-13-15-30-28(18-25)27-14-12-23-6-4-5-7-26(23)31(27)34-30/h4-19H,20H2,1-3H3/i20D2. The van der Waals surface area contributed by atoms with Crippen molar-refractivity contribution in [2.75, 3.05) is 0 Å². The highest BCUT2D eigenvalue weighted by Gasteiger charge is 2.13. The maximum atomic E-state index is 8.54. The zero-order valence-corrected chi connectivity index (χ0v) is 19.6. The maximum absolute atomic E-state index is 8.54. The Bertz CT molecular complexity index is 1740. The van der Waals surface area contributed by atoms with Gasteiger partial charge in [0.2, 0.25) is 0 Å². The summed E-state index contributed by atoms with van der Waals surface area (Å²) in [5.41, 5.74) is 5.99. The van der Waals surface area contributed by atoms with E-state index in [0.29, 0.717) is 5.56 Å². The lowest BCUT2D eigenvalue weighted by Gasteiger charge is -2.18. The highest BCUT2D eigenvalue weighted by molar-refractivity contribution is 6.15. The molecule has 6 aromatic rings. The Labute approximate surface area is 202 Å². The van der Waals surface area contributed by atoms with Crippen LogP contribution in [0.2, 0.25) is 0 Å². The molecule has 0 aliphatic carbocycles. The van der Waals surface area contributed by atoms with Crippen LogP contribution in [0.25, 0.3) is 55.1 Å². The number of pyridine rings is 1. The summed E-state index contributed by atoms with van der Waals surface area (Å²) in [6.45, 7) is 5.79. The molecule has 0 fully saturated rings. The van der Waals surface area contributed by atoms with Crippen LogP contribution >= 0.6 is 0 Å². The number of rotatable bonds is 3. The van der Waals surface area contributed by atoms with Crippen molar-refractivity contribution in [3.05, 3.63) is 103 Å². The number of aromatic nitrogens is 1. The first-order valence-corrected chi connectivity index (χ1v) is 11.6. The third-order valence-electron chi connectivity index (χ3n) is 6.15. The predicted octanol–water partition coefficient (Wildman–Crippen LogP) is 9.06. The fourth-order valence-corrected chi connectivity index (χ4v) is 4.61.